The van der Waals surface area contributed by atoms with Crippen molar-refractivity contribution in [2.24, 2.45) is 10.7 Å². The van der Waals surface area contributed by atoms with Gasteiger partial charge < -0.3 is 15.6 Å². The summed E-state index contributed by atoms with van der Waals surface area (Å²) in [6.07, 6.45) is 3.45. The molecule has 112 valence electrons. The van der Waals surface area contributed by atoms with Crippen molar-refractivity contribution in [1.82, 2.24) is 0 Å². The summed E-state index contributed by atoms with van der Waals surface area (Å²) in [4.78, 5) is 4.67. The van der Waals surface area contributed by atoms with Gasteiger partial charge in [0.25, 0.3) is 0 Å². The summed E-state index contributed by atoms with van der Waals surface area (Å²) in [5.74, 6) is 0.915. The zero-order valence-electron chi connectivity index (χ0n) is 12.6. The van der Waals surface area contributed by atoms with Gasteiger partial charge in [-0.05, 0) is 43.5 Å². The zero-order valence-corrected chi connectivity index (χ0v) is 12.6. The summed E-state index contributed by atoms with van der Waals surface area (Å²) in [6, 6.07) is 7.98. The van der Waals surface area contributed by atoms with Crippen molar-refractivity contribution in [1.29, 1.82) is 0 Å². The molecule has 1 aliphatic rings. The second-order valence-corrected chi connectivity index (χ2v) is 5.04. The van der Waals surface area contributed by atoms with Crippen molar-refractivity contribution < 1.29 is 9.84 Å². The maximum Gasteiger partial charge on any atom is 0.0984 e. The van der Waals surface area contributed by atoms with Crippen molar-refractivity contribution >= 4 is 11.4 Å². The van der Waals surface area contributed by atoms with Gasteiger partial charge >= 0.3 is 0 Å². The molecular weight excluding hydrogens is 264 g/mol. The minimum atomic E-state index is -0.153. The molecule has 0 atom stereocenters. The standard InChI is InChI=1S/C17H22N2O2/c1-3-21-14-7-8-15(16(18)11-20)17(10-14)19-13-6-4-5-12(2)9-13/h4-6,9-10,20H,3,7-8,11,18H2,1-2H3/b16-15-,19-17?. The first-order valence-corrected chi connectivity index (χ1v) is 7.21. The highest BCUT2D eigenvalue weighted by molar-refractivity contribution is 6.11. The largest absolute Gasteiger partial charge is 0.498 e. The summed E-state index contributed by atoms with van der Waals surface area (Å²) in [5.41, 5.74) is 10.1. The van der Waals surface area contributed by atoms with Crippen LogP contribution in [0.15, 0.2) is 52.4 Å². The van der Waals surface area contributed by atoms with Crippen LogP contribution in [0.4, 0.5) is 5.69 Å². The van der Waals surface area contributed by atoms with Crippen molar-refractivity contribution in [2.75, 3.05) is 13.2 Å². The zero-order chi connectivity index (χ0) is 15.2. The molecular formula is C17H22N2O2. The highest BCUT2D eigenvalue weighted by Crippen LogP contribution is 2.26. The van der Waals surface area contributed by atoms with Gasteiger partial charge in [0.1, 0.15) is 0 Å². The highest BCUT2D eigenvalue weighted by atomic mass is 16.5. The predicted octanol–water partition coefficient (Wildman–Crippen LogP) is 2.99. The van der Waals surface area contributed by atoms with Crippen molar-refractivity contribution in [3.63, 3.8) is 0 Å². The lowest BCUT2D eigenvalue weighted by molar-refractivity contribution is 0.218. The average molecular weight is 286 g/mol. The fourth-order valence-corrected chi connectivity index (χ4v) is 2.34. The van der Waals surface area contributed by atoms with Crippen molar-refractivity contribution in [2.45, 2.75) is 26.7 Å². The summed E-state index contributed by atoms with van der Waals surface area (Å²) >= 11 is 0. The van der Waals surface area contributed by atoms with E-state index in [0.717, 1.165) is 41.1 Å². The van der Waals surface area contributed by atoms with Crippen LogP contribution in [-0.2, 0) is 4.74 Å². The van der Waals surface area contributed by atoms with E-state index in [9.17, 15) is 5.11 Å². The Morgan fingerprint density at radius 2 is 2.19 bits per heavy atom. The van der Waals surface area contributed by atoms with E-state index in [4.69, 9.17) is 10.5 Å². The molecule has 21 heavy (non-hydrogen) atoms. The molecule has 1 aromatic carbocycles. The van der Waals surface area contributed by atoms with Crippen LogP contribution >= 0.6 is 0 Å². The van der Waals surface area contributed by atoms with Crippen LogP contribution in [0.2, 0.25) is 0 Å². The van der Waals surface area contributed by atoms with Gasteiger partial charge in [-0.1, -0.05) is 12.1 Å². The maximum absolute atomic E-state index is 9.29. The molecule has 0 fully saturated rings. The van der Waals surface area contributed by atoms with Crippen LogP contribution in [0, 0.1) is 6.92 Å². The lowest BCUT2D eigenvalue weighted by Crippen LogP contribution is -2.17. The van der Waals surface area contributed by atoms with Gasteiger partial charge in [0, 0.05) is 18.2 Å². The first kappa shape index (κ1) is 15.3. The quantitative estimate of drug-likeness (QED) is 0.894. The SMILES string of the molecule is CCOC1=CC(=Nc2cccc(C)c2)/C(=C(\N)CO)CC1. The molecule has 0 amide bonds. The third-order valence-corrected chi connectivity index (χ3v) is 3.37. The van der Waals surface area contributed by atoms with E-state index in [1.165, 1.54) is 0 Å². The normalized spacial score (nSPS) is 19.4. The lowest BCUT2D eigenvalue weighted by atomic mass is 9.95. The number of ether oxygens (including phenoxy) is 1. The van der Waals surface area contributed by atoms with Crippen LogP contribution in [0.3, 0.4) is 0 Å². The van der Waals surface area contributed by atoms with E-state index in [1.807, 2.05) is 44.2 Å². The molecule has 0 bridgehead atoms. The van der Waals surface area contributed by atoms with Gasteiger partial charge in [0.2, 0.25) is 0 Å². The number of aliphatic hydroxyl groups excluding tert-OH is 1. The summed E-state index contributed by atoms with van der Waals surface area (Å²) in [7, 11) is 0. The number of hydrogen-bond acceptors (Lipinski definition) is 4. The van der Waals surface area contributed by atoms with Gasteiger partial charge in [-0.3, -0.25) is 0 Å². The smallest absolute Gasteiger partial charge is 0.0984 e. The van der Waals surface area contributed by atoms with E-state index >= 15 is 0 Å². The number of aliphatic imine (C=N–C) groups is 1. The minimum absolute atomic E-state index is 0.153. The summed E-state index contributed by atoms with van der Waals surface area (Å²) < 4.78 is 5.59. The van der Waals surface area contributed by atoms with Gasteiger partial charge in [-0.2, -0.15) is 0 Å². The maximum atomic E-state index is 9.29. The molecule has 0 aromatic heterocycles. The molecule has 4 nitrogen and oxygen atoms in total. The second-order valence-electron chi connectivity index (χ2n) is 5.04. The third kappa shape index (κ3) is 3.95. The van der Waals surface area contributed by atoms with Gasteiger partial charge in [-0.25, -0.2) is 4.99 Å². The van der Waals surface area contributed by atoms with Crippen LogP contribution in [-0.4, -0.2) is 24.0 Å². The van der Waals surface area contributed by atoms with Gasteiger partial charge in [-0.15, -0.1) is 0 Å². The summed E-state index contributed by atoms with van der Waals surface area (Å²) in [5, 5.41) is 9.29. The molecule has 1 aromatic rings. The third-order valence-electron chi connectivity index (χ3n) is 3.37. The molecule has 0 saturated carbocycles. The van der Waals surface area contributed by atoms with E-state index < -0.39 is 0 Å². The topological polar surface area (TPSA) is 67.8 Å². The Kier molecular flexibility index (Phi) is 5.17. The molecule has 4 heteroatoms. The van der Waals surface area contributed by atoms with Crippen LogP contribution in [0.5, 0.6) is 0 Å². The van der Waals surface area contributed by atoms with Gasteiger partial charge in [0.05, 0.1) is 30.4 Å². The first-order chi connectivity index (χ1) is 10.1. The Balaban J connectivity index is 2.44. The number of hydrogen-bond donors (Lipinski definition) is 2. The Bertz CT molecular complexity index is 601. The molecule has 0 unspecified atom stereocenters. The number of allylic oxidation sites excluding steroid dienone is 3. The molecule has 3 N–H and O–H groups in total. The molecule has 1 aliphatic carbocycles. The fraction of sp³-hybridized carbons (Fsp3) is 0.353. The minimum Gasteiger partial charge on any atom is -0.498 e. The number of rotatable bonds is 4. The molecule has 0 saturated heterocycles. The fourth-order valence-electron chi connectivity index (χ4n) is 2.34. The molecule has 0 radical (unpaired) electrons. The number of nitrogens with two attached hydrogens (primary N) is 1. The summed E-state index contributed by atoms with van der Waals surface area (Å²) in [6.45, 7) is 4.48. The number of benzene rings is 1. The Morgan fingerprint density at radius 3 is 2.86 bits per heavy atom. The molecule has 0 aliphatic heterocycles. The Morgan fingerprint density at radius 1 is 1.38 bits per heavy atom. The average Bonchev–Trinajstić information content (AvgIpc) is 2.47. The van der Waals surface area contributed by atoms with Crippen LogP contribution < -0.4 is 5.73 Å². The number of aryl methyl sites for hydroxylation is 1. The van der Waals surface area contributed by atoms with Crippen molar-refractivity contribution in [3.05, 3.63) is 52.9 Å². The first-order valence-electron chi connectivity index (χ1n) is 7.21. The van der Waals surface area contributed by atoms with Crippen LogP contribution in [0.1, 0.15) is 25.3 Å². The monoisotopic (exact) mass is 286 g/mol. The Hall–Kier alpha value is -2.07. The van der Waals surface area contributed by atoms with E-state index in [1.54, 1.807) is 0 Å². The van der Waals surface area contributed by atoms with Gasteiger partial charge in [0.15, 0.2) is 0 Å². The molecule has 0 heterocycles. The Labute approximate surface area is 125 Å². The van der Waals surface area contributed by atoms with Crippen LogP contribution in [0.25, 0.3) is 0 Å². The lowest BCUT2D eigenvalue weighted by Gasteiger charge is -2.19. The molecule has 2 rings (SSSR count). The second kappa shape index (κ2) is 7.09. The predicted molar refractivity (Wildman–Crippen MR) is 85.5 cm³/mol. The number of aliphatic hydroxyl groups is 1. The van der Waals surface area contributed by atoms with Crippen molar-refractivity contribution in [3.8, 4) is 0 Å². The molecule has 0 spiro atoms. The van der Waals surface area contributed by atoms with E-state index in [0.29, 0.717) is 12.3 Å². The van der Waals surface area contributed by atoms with E-state index in [-0.39, 0.29) is 6.61 Å². The highest BCUT2D eigenvalue weighted by Gasteiger charge is 2.17. The number of nitrogens with zero attached hydrogens (tertiary/aromatic N) is 1. The van der Waals surface area contributed by atoms with E-state index in [2.05, 4.69) is 4.99 Å².